The first kappa shape index (κ1) is 23.2. The fourth-order valence-electron chi connectivity index (χ4n) is 2.17. The monoisotopic (exact) mass is 478 g/mol. The van der Waals surface area contributed by atoms with E-state index >= 15 is 0 Å². The minimum atomic E-state index is -3.98. The van der Waals surface area contributed by atoms with Gasteiger partial charge in [-0.05, 0) is 43.3 Å². The second-order valence-electron chi connectivity index (χ2n) is 5.91. The maximum absolute atomic E-state index is 12.4. The van der Waals surface area contributed by atoms with Crippen LogP contribution in [0.4, 0.5) is 11.4 Å². The van der Waals surface area contributed by atoms with Gasteiger partial charge in [-0.25, -0.2) is 8.42 Å². The molecule has 0 fully saturated rings. The average molecular weight is 480 g/mol. The van der Waals surface area contributed by atoms with Crippen LogP contribution in [0.1, 0.15) is 13.8 Å². The predicted octanol–water partition coefficient (Wildman–Crippen LogP) is 3.42. The Hall–Kier alpha value is -2.04. The summed E-state index contributed by atoms with van der Waals surface area (Å²) in [5.41, 5.74) is 5.54. The Balaban J connectivity index is 2.02. The van der Waals surface area contributed by atoms with Gasteiger partial charge >= 0.3 is 0 Å². The van der Waals surface area contributed by atoms with Gasteiger partial charge in [0, 0.05) is 17.6 Å². The van der Waals surface area contributed by atoms with E-state index in [1.54, 1.807) is 0 Å². The molecule has 0 heterocycles. The molecule has 1 atom stereocenters. The molecule has 0 aliphatic carbocycles. The van der Waals surface area contributed by atoms with Gasteiger partial charge in [-0.2, -0.15) is 4.72 Å². The van der Waals surface area contributed by atoms with E-state index in [0.29, 0.717) is 10.7 Å². The van der Waals surface area contributed by atoms with Crippen LogP contribution < -0.4 is 20.9 Å². The number of halogens is 3. The molecule has 2 aromatic carbocycles. The van der Waals surface area contributed by atoms with Crippen molar-refractivity contribution in [1.29, 1.82) is 0 Å². The highest BCUT2D eigenvalue weighted by atomic mass is 35.5. The zero-order valence-electron chi connectivity index (χ0n) is 15.2. The Labute approximate surface area is 182 Å². The number of rotatable bonds is 7. The first-order valence-corrected chi connectivity index (χ1v) is 10.7. The van der Waals surface area contributed by atoms with Crippen molar-refractivity contribution in [2.75, 3.05) is 10.7 Å². The third-order valence-electron chi connectivity index (χ3n) is 3.53. The van der Waals surface area contributed by atoms with Gasteiger partial charge < -0.3 is 5.32 Å². The van der Waals surface area contributed by atoms with Gasteiger partial charge in [-0.3, -0.25) is 20.4 Å². The molecule has 0 bridgehead atoms. The van der Waals surface area contributed by atoms with Gasteiger partial charge in [0.1, 0.15) is 0 Å². The number of benzene rings is 2. The molecule has 0 saturated carbocycles. The molecule has 4 N–H and O–H groups in total. The van der Waals surface area contributed by atoms with Gasteiger partial charge in [0.2, 0.25) is 15.9 Å². The van der Waals surface area contributed by atoms with Crippen molar-refractivity contribution in [2.45, 2.75) is 24.8 Å². The van der Waals surface area contributed by atoms with Crippen molar-refractivity contribution in [1.82, 2.24) is 10.1 Å². The molecule has 8 nitrogen and oxygen atoms in total. The highest BCUT2D eigenvalue weighted by molar-refractivity contribution is 7.89. The molecule has 0 spiro atoms. The third kappa shape index (κ3) is 6.48. The minimum absolute atomic E-state index is 0.0667. The summed E-state index contributed by atoms with van der Waals surface area (Å²) in [6.07, 6.45) is 0. The second-order valence-corrected chi connectivity index (χ2v) is 8.87. The van der Waals surface area contributed by atoms with Crippen LogP contribution in [0.15, 0.2) is 41.3 Å². The SMILES string of the molecule is CC(=O)Nc1ccc(S(=O)(=O)NC(C)C(=O)NNc2c(Cl)cc(Cl)cc2Cl)cc1. The topological polar surface area (TPSA) is 116 Å². The molecule has 0 aliphatic heterocycles. The minimum Gasteiger partial charge on any atom is -0.326 e. The largest absolute Gasteiger partial charge is 0.326 e. The number of amides is 2. The van der Waals surface area contributed by atoms with Gasteiger partial charge in [0.05, 0.1) is 26.7 Å². The fourth-order valence-corrected chi connectivity index (χ4v) is 4.28. The predicted molar refractivity (Wildman–Crippen MR) is 114 cm³/mol. The fraction of sp³-hybridized carbons (Fsp3) is 0.176. The number of sulfonamides is 1. The number of anilines is 2. The van der Waals surface area contributed by atoms with Crippen LogP contribution in [-0.4, -0.2) is 26.3 Å². The van der Waals surface area contributed by atoms with E-state index in [1.165, 1.54) is 50.2 Å². The van der Waals surface area contributed by atoms with Crippen molar-refractivity contribution >= 4 is 68.0 Å². The Morgan fingerprint density at radius 1 is 1.00 bits per heavy atom. The van der Waals surface area contributed by atoms with Crippen LogP contribution >= 0.6 is 34.8 Å². The van der Waals surface area contributed by atoms with E-state index < -0.39 is 22.0 Å². The highest BCUT2D eigenvalue weighted by Crippen LogP contribution is 2.33. The van der Waals surface area contributed by atoms with Crippen LogP contribution in [0.3, 0.4) is 0 Å². The van der Waals surface area contributed by atoms with E-state index in [2.05, 4.69) is 20.9 Å². The average Bonchev–Trinajstić information content (AvgIpc) is 2.60. The Bertz CT molecular complexity index is 1010. The van der Waals surface area contributed by atoms with Crippen LogP contribution in [0, 0.1) is 0 Å². The molecule has 2 aromatic rings. The number of nitrogens with one attached hydrogen (secondary N) is 4. The normalized spacial score (nSPS) is 12.2. The van der Waals surface area contributed by atoms with Crippen molar-refractivity contribution in [3.05, 3.63) is 51.5 Å². The number of carbonyl (C=O) groups excluding carboxylic acids is 2. The van der Waals surface area contributed by atoms with Crippen molar-refractivity contribution in [2.24, 2.45) is 0 Å². The van der Waals surface area contributed by atoms with Crippen LogP contribution in [0.5, 0.6) is 0 Å². The van der Waals surface area contributed by atoms with Crippen LogP contribution in [0.25, 0.3) is 0 Å². The number of hydrazine groups is 1. The summed E-state index contributed by atoms with van der Waals surface area (Å²) >= 11 is 17.8. The first-order chi connectivity index (χ1) is 13.5. The zero-order chi connectivity index (χ0) is 21.8. The molecule has 0 aromatic heterocycles. The quantitative estimate of drug-likeness (QED) is 0.454. The third-order valence-corrected chi connectivity index (χ3v) is 5.90. The summed E-state index contributed by atoms with van der Waals surface area (Å²) in [6.45, 7) is 2.70. The Morgan fingerprint density at radius 3 is 2.07 bits per heavy atom. The van der Waals surface area contributed by atoms with Gasteiger partial charge in [0.25, 0.3) is 5.91 Å². The molecule has 2 rings (SSSR count). The lowest BCUT2D eigenvalue weighted by molar-refractivity contribution is -0.121. The van der Waals surface area contributed by atoms with Gasteiger partial charge in [-0.1, -0.05) is 34.8 Å². The van der Waals surface area contributed by atoms with Gasteiger partial charge in [-0.15, -0.1) is 0 Å². The van der Waals surface area contributed by atoms with E-state index in [1.807, 2.05) is 0 Å². The van der Waals surface area contributed by atoms with Crippen LogP contribution in [0.2, 0.25) is 15.1 Å². The summed E-state index contributed by atoms with van der Waals surface area (Å²) in [5.74, 6) is -0.956. The Kier molecular flexibility index (Phi) is 7.73. The maximum atomic E-state index is 12.4. The van der Waals surface area contributed by atoms with E-state index in [0.717, 1.165) is 0 Å². The summed E-state index contributed by atoms with van der Waals surface area (Å²) in [4.78, 5) is 23.2. The van der Waals surface area contributed by atoms with Crippen molar-refractivity contribution in [3.8, 4) is 0 Å². The lowest BCUT2D eigenvalue weighted by atomic mass is 10.3. The molecular weight excluding hydrogens is 463 g/mol. The number of carbonyl (C=O) groups is 2. The summed E-state index contributed by atoms with van der Waals surface area (Å²) < 4.78 is 27.1. The molecule has 0 radical (unpaired) electrons. The molecular formula is C17H17Cl3N4O4S. The lowest BCUT2D eigenvalue weighted by Crippen LogP contribution is -2.46. The number of hydrogen-bond acceptors (Lipinski definition) is 5. The molecule has 1 unspecified atom stereocenters. The lowest BCUT2D eigenvalue weighted by Gasteiger charge is -2.17. The van der Waals surface area contributed by atoms with E-state index in [-0.39, 0.29) is 26.5 Å². The smallest absolute Gasteiger partial charge is 0.256 e. The van der Waals surface area contributed by atoms with Crippen molar-refractivity contribution in [3.63, 3.8) is 0 Å². The maximum Gasteiger partial charge on any atom is 0.256 e. The summed E-state index contributed by atoms with van der Waals surface area (Å²) in [7, 11) is -3.98. The van der Waals surface area contributed by atoms with Gasteiger partial charge in [0.15, 0.2) is 0 Å². The molecule has 0 saturated heterocycles. The second kappa shape index (κ2) is 9.64. The van der Waals surface area contributed by atoms with E-state index in [9.17, 15) is 18.0 Å². The van der Waals surface area contributed by atoms with E-state index in [4.69, 9.17) is 34.8 Å². The summed E-state index contributed by atoms with van der Waals surface area (Å²) in [5, 5.41) is 3.21. The molecule has 0 aliphatic rings. The number of hydrogen-bond donors (Lipinski definition) is 4. The molecule has 29 heavy (non-hydrogen) atoms. The molecule has 12 heteroatoms. The standard InChI is InChI=1S/C17H17Cl3N4O4S/c1-9(17(26)23-22-16-14(19)7-11(18)8-15(16)20)24-29(27,28)13-5-3-12(4-6-13)21-10(2)25/h3-9,22,24H,1-2H3,(H,21,25)(H,23,26). The zero-order valence-corrected chi connectivity index (χ0v) is 18.3. The summed E-state index contributed by atoms with van der Waals surface area (Å²) in [6, 6.07) is 7.24. The highest BCUT2D eigenvalue weighted by Gasteiger charge is 2.22. The van der Waals surface area contributed by atoms with Crippen molar-refractivity contribution < 1.29 is 18.0 Å². The first-order valence-electron chi connectivity index (χ1n) is 8.10. The molecule has 156 valence electrons. The Morgan fingerprint density at radius 2 is 1.55 bits per heavy atom. The molecule has 2 amide bonds. The van der Waals surface area contributed by atoms with Crippen LogP contribution in [-0.2, 0) is 19.6 Å².